The standard InChI is InChI=1S/C35H30FN5O5S/c1-47-16-15-30(35(44)45)39-33(42)32-14-13-31(46-32)25-9-11-28(12-10-25)41(34(43)26-3-2-4-27(36)17-26)21-29-19-38-22-40(29)20-24-7-5-23(18-37)6-8-24/h2-14,17,19,22,30H,15-16,20-21H2,1H3,(H,39,42)(H,44,45). The Balaban J connectivity index is 1.38. The fourth-order valence-corrected chi connectivity index (χ4v) is 5.34. The maximum absolute atomic E-state index is 14.1. The summed E-state index contributed by atoms with van der Waals surface area (Å²) < 4.78 is 21.8. The lowest BCUT2D eigenvalue weighted by molar-refractivity contribution is -0.139. The van der Waals surface area contributed by atoms with E-state index in [0.717, 1.165) is 11.3 Å². The minimum atomic E-state index is -1.12. The number of thioether (sulfide) groups is 1. The second kappa shape index (κ2) is 15.1. The van der Waals surface area contributed by atoms with Crippen molar-refractivity contribution in [2.45, 2.75) is 25.6 Å². The van der Waals surface area contributed by atoms with E-state index in [1.54, 1.807) is 61.1 Å². The monoisotopic (exact) mass is 651 g/mol. The number of carboxylic acid groups (broad SMARTS) is 1. The van der Waals surface area contributed by atoms with Crippen molar-refractivity contribution in [1.82, 2.24) is 14.9 Å². The van der Waals surface area contributed by atoms with Gasteiger partial charge in [-0.1, -0.05) is 18.2 Å². The Morgan fingerprint density at radius 3 is 2.53 bits per heavy atom. The summed E-state index contributed by atoms with van der Waals surface area (Å²) in [5.41, 5.74) is 3.54. The van der Waals surface area contributed by atoms with Crippen molar-refractivity contribution in [2.24, 2.45) is 0 Å². The molecule has 2 heterocycles. The Bertz CT molecular complexity index is 1910. The topological polar surface area (TPSA) is 141 Å². The van der Waals surface area contributed by atoms with Gasteiger partial charge in [-0.25, -0.2) is 14.2 Å². The number of anilines is 1. The number of nitrogens with one attached hydrogen (secondary N) is 1. The molecule has 47 heavy (non-hydrogen) atoms. The maximum Gasteiger partial charge on any atom is 0.326 e. The highest BCUT2D eigenvalue weighted by Gasteiger charge is 2.23. The van der Waals surface area contributed by atoms with E-state index in [0.29, 0.717) is 34.9 Å². The molecular weight excluding hydrogens is 621 g/mol. The molecule has 0 saturated heterocycles. The van der Waals surface area contributed by atoms with Crippen molar-refractivity contribution in [1.29, 1.82) is 5.26 Å². The van der Waals surface area contributed by atoms with Gasteiger partial charge in [0.25, 0.3) is 11.8 Å². The Kier molecular flexibility index (Phi) is 10.5. The SMILES string of the molecule is CSCCC(NC(=O)c1ccc(-c2ccc(N(Cc3cncn3Cc3ccc(C#N)cc3)C(=O)c3cccc(F)c3)cc2)o1)C(=O)O. The summed E-state index contributed by atoms with van der Waals surface area (Å²) in [7, 11) is 0. The van der Waals surface area contributed by atoms with E-state index in [4.69, 9.17) is 9.68 Å². The average Bonchev–Trinajstić information content (AvgIpc) is 3.76. The average molecular weight is 652 g/mol. The minimum absolute atomic E-state index is 0.0297. The van der Waals surface area contributed by atoms with Crippen molar-refractivity contribution in [3.8, 4) is 17.4 Å². The number of aromatic nitrogens is 2. The Hall–Kier alpha value is -5.67. The van der Waals surface area contributed by atoms with Crippen molar-refractivity contribution in [3.63, 3.8) is 0 Å². The molecule has 2 aromatic heterocycles. The second-order valence-corrected chi connectivity index (χ2v) is 11.6. The zero-order valence-electron chi connectivity index (χ0n) is 25.3. The number of nitriles is 1. The summed E-state index contributed by atoms with van der Waals surface area (Å²) in [6, 6.07) is 23.7. The van der Waals surface area contributed by atoms with E-state index in [9.17, 15) is 23.9 Å². The molecule has 5 aromatic rings. The molecule has 0 bridgehead atoms. The van der Waals surface area contributed by atoms with Gasteiger partial charge in [-0.3, -0.25) is 9.59 Å². The lowest BCUT2D eigenvalue weighted by Crippen LogP contribution is -2.41. The van der Waals surface area contributed by atoms with Crippen LogP contribution < -0.4 is 10.2 Å². The highest BCUT2D eigenvalue weighted by molar-refractivity contribution is 7.98. The molecule has 3 aromatic carbocycles. The molecule has 12 heteroatoms. The lowest BCUT2D eigenvalue weighted by atomic mass is 10.1. The van der Waals surface area contributed by atoms with E-state index < -0.39 is 29.6 Å². The van der Waals surface area contributed by atoms with Crippen LogP contribution >= 0.6 is 11.8 Å². The Labute approximate surface area is 274 Å². The number of rotatable bonds is 13. The Morgan fingerprint density at radius 1 is 1.09 bits per heavy atom. The van der Waals surface area contributed by atoms with Gasteiger partial charge in [0.15, 0.2) is 5.76 Å². The van der Waals surface area contributed by atoms with Crippen molar-refractivity contribution in [3.05, 3.63) is 131 Å². The lowest BCUT2D eigenvalue weighted by Gasteiger charge is -2.24. The van der Waals surface area contributed by atoms with Gasteiger partial charge >= 0.3 is 5.97 Å². The molecule has 0 fully saturated rings. The van der Waals surface area contributed by atoms with Crippen LogP contribution in [0.1, 0.15) is 44.2 Å². The minimum Gasteiger partial charge on any atom is -0.480 e. The van der Waals surface area contributed by atoms with Gasteiger partial charge in [-0.15, -0.1) is 0 Å². The number of imidazole rings is 1. The summed E-state index contributed by atoms with van der Waals surface area (Å²) in [5.74, 6) is -1.79. The van der Waals surface area contributed by atoms with E-state index in [2.05, 4.69) is 16.4 Å². The normalized spacial score (nSPS) is 11.4. The molecular formula is C35H30FN5O5S. The van der Waals surface area contributed by atoms with Crippen LogP contribution in [0.15, 0.2) is 102 Å². The van der Waals surface area contributed by atoms with E-state index in [1.807, 2.05) is 23.0 Å². The van der Waals surface area contributed by atoms with Crippen LogP contribution in [0.3, 0.4) is 0 Å². The molecule has 0 radical (unpaired) electrons. The first-order valence-corrected chi connectivity index (χ1v) is 15.9. The van der Waals surface area contributed by atoms with Gasteiger partial charge in [0.05, 0.1) is 30.2 Å². The molecule has 0 aliphatic rings. The van der Waals surface area contributed by atoms with Crippen molar-refractivity contribution in [2.75, 3.05) is 16.9 Å². The maximum atomic E-state index is 14.1. The number of carbonyl (C=O) groups is 3. The Morgan fingerprint density at radius 2 is 1.85 bits per heavy atom. The van der Waals surface area contributed by atoms with Crippen molar-refractivity contribution < 1.29 is 28.3 Å². The van der Waals surface area contributed by atoms with Crippen LogP contribution in [-0.2, 0) is 17.9 Å². The number of benzene rings is 3. The number of carbonyl (C=O) groups excluding carboxylic acids is 2. The predicted molar refractivity (Wildman–Crippen MR) is 175 cm³/mol. The first kappa shape index (κ1) is 32.7. The molecule has 10 nitrogen and oxygen atoms in total. The molecule has 0 saturated carbocycles. The molecule has 5 rings (SSSR count). The highest BCUT2D eigenvalue weighted by Crippen LogP contribution is 2.27. The second-order valence-electron chi connectivity index (χ2n) is 10.6. The largest absolute Gasteiger partial charge is 0.480 e. The third-order valence-corrected chi connectivity index (χ3v) is 8.02. The predicted octanol–water partition coefficient (Wildman–Crippen LogP) is 5.99. The van der Waals surface area contributed by atoms with E-state index >= 15 is 0 Å². The molecule has 1 atom stereocenters. The molecule has 0 aliphatic carbocycles. The van der Waals surface area contributed by atoms with Crippen LogP contribution in [0, 0.1) is 17.1 Å². The number of aliphatic carboxylic acids is 1. The number of carboxylic acids is 1. The molecule has 2 N–H and O–H groups in total. The number of hydrogen-bond donors (Lipinski definition) is 2. The van der Waals surface area contributed by atoms with E-state index in [-0.39, 0.29) is 24.3 Å². The van der Waals surface area contributed by atoms with Gasteiger partial charge in [-0.05, 0) is 90.7 Å². The molecule has 0 spiro atoms. The van der Waals surface area contributed by atoms with E-state index in [1.165, 1.54) is 40.9 Å². The molecule has 238 valence electrons. The first-order valence-electron chi connectivity index (χ1n) is 14.5. The zero-order chi connectivity index (χ0) is 33.3. The summed E-state index contributed by atoms with van der Waals surface area (Å²) in [4.78, 5) is 43.9. The quantitative estimate of drug-likeness (QED) is 0.158. The summed E-state index contributed by atoms with van der Waals surface area (Å²) in [5, 5.41) is 21.0. The van der Waals surface area contributed by atoms with Gasteiger partial charge in [0.1, 0.15) is 17.6 Å². The van der Waals surface area contributed by atoms with Crippen molar-refractivity contribution >= 4 is 35.2 Å². The fourth-order valence-electron chi connectivity index (χ4n) is 4.87. The van der Waals surface area contributed by atoms with Crippen LogP contribution in [0.5, 0.6) is 0 Å². The molecule has 0 aliphatic heterocycles. The third-order valence-electron chi connectivity index (χ3n) is 7.38. The summed E-state index contributed by atoms with van der Waals surface area (Å²) >= 11 is 1.49. The number of halogens is 1. The van der Waals surface area contributed by atoms with Gasteiger partial charge in [-0.2, -0.15) is 17.0 Å². The molecule has 2 amide bonds. The highest BCUT2D eigenvalue weighted by atomic mass is 32.2. The fraction of sp³-hybridized carbons (Fsp3) is 0.171. The third kappa shape index (κ3) is 8.14. The van der Waals surface area contributed by atoms with Crippen LogP contribution in [0.2, 0.25) is 0 Å². The van der Waals surface area contributed by atoms with Crippen LogP contribution in [0.25, 0.3) is 11.3 Å². The molecule has 1 unspecified atom stereocenters. The number of hydrogen-bond acceptors (Lipinski definition) is 7. The zero-order valence-corrected chi connectivity index (χ0v) is 26.1. The summed E-state index contributed by atoms with van der Waals surface area (Å²) in [6.45, 7) is 0.582. The van der Waals surface area contributed by atoms with Gasteiger partial charge in [0, 0.05) is 29.6 Å². The number of amides is 2. The smallest absolute Gasteiger partial charge is 0.326 e. The number of furan rings is 1. The summed E-state index contributed by atoms with van der Waals surface area (Å²) in [6.07, 6.45) is 5.46. The van der Waals surface area contributed by atoms with Gasteiger partial charge < -0.3 is 24.3 Å². The first-order chi connectivity index (χ1) is 22.7. The number of nitrogens with zero attached hydrogens (tertiary/aromatic N) is 4. The van der Waals surface area contributed by atoms with Crippen LogP contribution in [-0.4, -0.2) is 50.5 Å². The van der Waals surface area contributed by atoms with Crippen LogP contribution in [0.4, 0.5) is 10.1 Å². The van der Waals surface area contributed by atoms with Gasteiger partial charge in [0.2, 0.25) is 0 Å².